The first-order valence-electron chi connectivity index (χ1n) is 55.9. The van der Waals surface area contributed by atoms with Crippen LogP contribution in [0, 0.1) is 0 Å². The average Bonchev–Trinajstić information content (AvgIpc) is 1.57. The highest BCUT2D eigenvalue weighted by atomic mass is 15.2. The largest absolute Gasteiger partial charge is 0.310 e. The van der Waals surface area contributed by atoms with E-state index in [0.29, 0.717) is 78.3 Å². The third-order valence-electron chi connectivity index (χ3n) is 28.0. The van der Waals surface area contributed by atoms with Crippen LogP contribution in [0.1, 0.15) is 80.1 Å². The standard InChI is InChI=1S/C130H91BN4/c1-129(2,3)88-74-114(110-72-86-40-15-19-44-94(86)98-48-23-27-52-102(98)110)128(115(75-88)111-73-87-41-16-20-45-95(87)99-49-24-28-53-103(99)111)135-123-79-91(133-119-59-32-30-55-105(119)113-69-83(61-67-121(113)133)81-36-11-8-12-37-81)63-65-117(123)131-116-64-62-90(132-118-58-31-29-54-104(118)112-68-82(60-66-120(112)132)80-34-9-7-10-35-80)78-122(116)134(124-76-89(130(4,5)6)77-125(135)126(124)131)127-106(108-70-84-38-13-17-42-92(84)96-46-21-25-50-100(96)108)56-33-57-107(127)109-71-85-39-14-18-43-93(85)97-47-22-26-51-101(97)109/h7-79H,1-6H3/i29D,30D,31D,32D,54D,55D,58D,59D,60D,61D,62D,63D,64D,65D,66D,67D,68D,69D,78D,79D. The third kappa shape index (κ3) is 12.1. The molecule has 4 heterocycles. The number of hydrogen-bond donors (Lipinski definition) is 0. The van der Waals surface area contributed by atoms with Crippen molar-refractivity contribution < 1.29 is 27.4 Å². The lowest BCUT2D eigenvalue weighted by molar-refractivity contribution is 0.590. The Morgan fingerprint density at radius 2 is 0.533 bits per heavy atom. The number of anilines is 6. The minimum Gasteiger partial charge on any atom is -0.310 e. The van der Waals surface area contributed by atoms with E-state index in [2.05, 4.69) is 199 Å². The number of nitrogens with zero attached hydrogens (tertiary/aromatic N) is 4. The summed E-state index contributed by atoms with van der Waals surface area (Å²) in [6.07, 6.45) is 0. The Morgan fingerprint density at radius 1 is 0.222 bits per heavy atom. The lowest BCUT2D eigenvalue weighted by atomic mass is 9.33. The van der Waals surface area contributed by atoms with Crippen LogP contribution in [0.2, 0.25) is 0 Å². The second-order valence-electron chi connectivity index (χ2n) is 37.7. The summed E-state index contributed by atoms with van der Waals surface area (Å²) in [6, 6.07) is 93.8. The monoisotopic (exact) mass is 1740 g/mol. The fraction of sp³-hybridized carbons (Fsp3) is 0.0615. The zero-order chi connectivity index (χ0) is 107. The topological polar surface area (TPSA) is 16.3 Å². The fourth-order valence-corrected chi connectivity index (χ4v) is 21.7. The van der Waals surface area contributed by atoms with Gasteiger partial charge in [0, 0.05) is 77.9 Å². The van der Waals surface area contributed by atoms with Crippen LogP contribution in [0.25, 0.3) is 208 Å². The maximum atomic E-state index is 12.6. The van der Waals surface area contributed by atoms with Crippen molar-refractivity contribution in [2.24, 2.45) is 0 Å². The molecule has 0 amide bonds. The zero-order valence-corrected chi connectivity index (χ0v) is 74.5. The molecule has 634 valence electrons. The van der Waals surface area contributed by atoms with Gasteiger partial charge in [0.2, 0.25) is 0 Å². The van der Waals surface area contributed by atoms with Gasteiger partial charge in [0.05, 0.1) is 60.9 Å². The van der Waals surface area contributed by atoms with Crippen molar-refractivity contribution in [2.75, 3.05) is 9.80 Å². The van der Waals surface area contributed by atoms with E-state index in [0.717, 1.165) is 103 Å². The molecular weight excluding hydrogens is 1630 g/mol. The van der Waals surface area contributed by atoms with Gasteiger partial charge in [-0.2, -0.15) is 0 Å². The summed E-state index contributed by atoms with van der Waals surface area (Å²) in [5, 5.41) is 13.1. The first kappa shape index (κ1) is 60.4. The van der Waals surface area contributed by atoms with E-state index in [1.54, 1.807) is 60.7 Å². The van der Waals surface area contributed by atoms with Crippen LogP contribution in [-0.2, 0) is 10.8 Å². The van der Waals surface area contributed by atoms with Gasteiger partial charge in [-0.15, -0.1) is 0 Å². The number of aromatic nitrogens is 2. The van der Waals surface area contributed by atoms with Gasteiger partial charge < -0.3 is 18.9 Å². The molecule has 0 atom stereocenters. The average molecular weight is 1740 g/mol. The summed E-state index contributed by atoms with van der Waals surface area (Å²) < 4.78 is 219. The zero-order valence-electron chi connectivity index (χ0n) is 94.5. The van der Waals surface area contributed by atoms with Crippen molar-refractivity contribution in [3.05, 3.63) is 453 Å². The molecule has 0 N–H and O–H groups in total. The van der Waals surface area contributed by atoms with Crippen LogP contribution < -0.4 is 26.2 Å². The highest BCUT2D eigenvalue weighted by molar-refractivity contribution is 7.00. The number of benzene rings is 23. The number of rotatable bonds is 10. The highest BCUT2D eigenvalue weighted by Gasteiger charge is 2.47. The molecule has 2 aliphatic rings. The van der Waals surface area contributed by atoms with Gasteiger partial charge in [-0.1, -0.05) is 375 Å². The van der Waals surface area contributed by atoms with E-state index >= 15 is 0 Å². The lowest BCUT2D eigenvalue weighted by Crippen LogP contribution is -2.61. The van der Waals surface area contributed by atoms with E-state index < -0.39 is 150 Å². The van der Waals surface area contributed by atoms with Crippen LogP contribution in [0.4, 0.5) is 34.1 Å². The molecule has 27 rings (SSSR count). The summed E-state index contributed by atoms with van der Waals surface area (Å²) >= 11 is 0. The molecule has 0 saturated carbocycles. The maximum absolute atomic E-state index is 12.6. The summed E-state index contributed by atoms with van der Waals surface area (Å²) in [7, 11) is 0. The minimum atomic E-state index is -1.73. The molecule has 0 bridgehead atoms. The molecule has 0 radical (unpaired) electrons. The van der Waals surface area contributed by atoms with Crippen LogP contribution >= 0.6 is 0 Å². The molecule has 135 heavy (non-hydrogen) atoms. The van der Waals surface area contributed by atoms with E-state index in [9.17, 15) is 27.4 Å². The summed E-state index contributed by atoms with van der Waals surface area (Å²) in [6.45, 7) is 11.0. The summed E-state index contributed by atoms with van der Waals surface area (Å²) in [4.78, 5) is 4.04. The van der Waals surface area contributed by atoms with Gasteiger partial charge in [0.25, 0.3) is 6.71 Å². The molecule has 4 nitrogen and oxygen atoms in total. The van der Waals surface area contributed by atoms with Crippen molar-refractivity contribution in [3.63, 3.8) is 0 Å². The highest BCUT2D eigenvalue weighted by Crippen LogP contribution is 2.59. The smallest absolute Gasteiger partial charge is 0.252 e. The second kappa shape index (κ2) is 30.0. The Morgan fingerprint density at radius 3 is 0.904 bits per heavy atom. The Labute approximate surface area is 812 Å². The van der Waals surface area contributed by atoms with Crippen LogP contribution in [0.3, 0.4) is 0 Å². The maximum Gasteiger partial charge on any atom is 0.252 e. The van der Waals surface area contributed by atoms with E-state index in [1.807, 2.05) is 113 Å². The van der Waals surface area contributed by atoms with Crippen molar-refractivity contribution in [1.82, 2.24) is 9.13 Å². The predicted molar refractivity (Wildman–Crippen MR) is 579 cm³/mol. The Kier molecular flexibility index (Phi) is 13.4. The predicted octanol–water partition coefficient (Wildman–Crippen LogP) is 33.8. The molecule has 2 aromatic heterocycles. The normalized spacial score (nSPS) is 14.8. The van der Waals surface area contributed by atoms with E-state index in [1.165, 1.54) is 9.13 Å². The molecule has 0 aliphatic carbocycles. The molecule has 5 heteroatoms. The van der Waals surface area contributed by atoms with Crippen molar-refractivity contribution in [2.45, 2.75) is 52.4 Å². The quantitative estimate of drug-likeness (QED) is 0.100. The molecule has 23 aromatic carbocycles. The van der Waals surface area contributed by atoms with E-state index in [4.69, 9.17) is 0 Å². The van der Waals surface area contributed by atoms with Gasteiger partial charge in [-0.05, 0) is 278 Å². The molecule has 2 aliphatic heterocycles. The molecule has 0 unspecified atom stereocenters. The summed E-state index contributed by atoms with van der Waals surface area (Å²) in [5.74, 6) is 0. The van der Waals surface area contributed by atoms with Crippen molar-refractivity contribution >= 4 is 187 Å². The van der Waals surface area contributed by atoms with Crippen LogP contribution in [-0.4, -0.2) is 15.8 Å². The van der Waals surface area contributed by atoms with Crippen molar-refractivity contribution in [1.29, 1.82) is 0 Å². The second-order valence-corrected chi connectivity index (χ2v) is 37.7. The molecule has 25 aromatic rings. The minimum absolute atomic E-state index is 0.0390. The Balaban J connectivity index is 0.913. The van der Waals surface area contributed by atoms with Gasteiger partial charge in [0.1, 0.15) is 0 Å². The SMILES string of the molecule is [2H]c1c([2H])c(-n2c3c([2H])c([2H])c([2H])c([2H])c3c3c([2H])c(-c4ccccc4)c([2H])c([2H])c32)c([2H])c2c1B1c3c(cc(C(C)(C)C)cc3N(c3c(-c4cc5ccccc5c5ccccc45)cc(C(C)(C)C)cc3-c3cc4ccccc4c4ccccc34)c3c([2H])c(-n4c5c([2H])c([2H])c([2H])c([2H])c5c5c([2H])c(-c6ccccc6)c([2H])c([2H])c54)c([2H])c([2H])c31)N2c1c(-c2cc3ccccc3c3ccccc23)cccc1-c1cc2ccccc2c2ccccc12. The van der Waals surface area contributed by atoms with Gasteiger partial charge in [-0.25, -0.2) is 0 Å². The van der Waals surface area contributed by atoms with Crippen LogP contribution in [0.15, 0.2) is 442 Å². The van der Waals surface area contributed by atoms with Gasteiger partial charge in [0.15, 0.2) is 0 Å². The molecular formula is C130H91BN4. The molecule has 0 saturated heterocycles. The fourth-order valence-electron chi connectivity index (χ4n) is 21.7. The Hall–Kier alpha value is -16.6. The van der Waals surface area contributed by atoms with Gasteiger partial charge >= 0.3 is 0 Å². The first-order valence-corrected chi connectivity index (χ1v) is 45.9. The number of fused-ring (bicyclic) bond motifs is 22. The van der Waals surface area contributed by atoms with Gasteiger partial charge in [-0.3, -0.25) is 0 Å². The molecule has 0 fully saturated rings. The Bertz CT molecular complexity index is 10400. The molecule has 0 spiro atoms. The first-order chi connectivity index (χ1) is 74.6. The summed E-state index contributed by atoms with van der Waals surface area (Å²) in [5.41, 5.74) is 4.32. The van der Waals surface area contributed by atoms with Crippen LogP contribution in [0.5, 0.6) is 0 Å². The van der Waals surface area contributed by atoms with Crippen molar-refractivity contribution in [3.8, 4) is 78.1 Å². The number of hydrogen-bond acceptors (Lipinski definition) is 2. The third-order valence-corrected chi connectivity index (χ3v) is 28.0. The lowest BCUT2D eigenvalue weighted by Gasteiger charge is -2.47. The number of para-hydroxylation sites is 3. The van der Waals surface area contributed by atoms with E-state index in [-0.39, 0.29) is 77.0 Å².